The van der Waals surface area contributed by atoms with Gasteiger partial charge < -0.3 is 30.4 Å². The largest absolute Gasteiger partial charge is 0.443 e. The van der Waals surface area contributed by atoms with E-state index in [1.54, 1.807) is 30.3 Å². The Morgan fingerprint density at radius 1 is 1.18 bits per heavy atom. The molecule has 0 unspecified atom stereocenters. The van der Waals surface area contributed by atoms with Crippen molar-refractivity contribution >= 4 is 21.8 Å². The highest BCUT2D eigenvalue weighted by molar-refractivity contribution is 7.89. The summed E-state index contributed by atoms with van der Waals surface area (Å²) in [6.07, 6.45) is -5.29. The van der Waals surface area contributed by atoms with Crippen molar-refractivity contribution in [1.29, 1.82) is 0 Å². The molecule has 11 heteroatoms. The van der Waals surface area contributed by atoms with Gasteiger partial charge in [-0.2, -0.15) is 4.31 Å². The average Bonchev–Trinajstić information content (AvgIpc) is 3.30. The SMILES string of the molecule is [2H]C1([2H])C[C@@H]2[C@H](O1)OC([2H])([2H])[C@@H]2OC(=O)N[C@@H](Cc1ccccc1)[C@H](O)CN(CC(C)C)S(=O)(=O)c1ccc(N)cc1. The molecule has 10 nitrogen and oxygen atoms in total. The highest BCUT2D eigenvalue weighted by Crippen LogP contribution is 2.33. The average molecular weight is 552 g/mol. The Balaban J connectivity index is 1.54. The fourth-order valence-electron chi connectivity index (χ4n) is 4.36. The zero-order valence-electron chi connectivity index (χ0n) is 25.3. The summed E-state index contributed by atoms with van der Waals surface area (Å²) in [5.74, 6) is -0.969. The van der Waals surface area contributed by atoms with Gasteiger partial charge in [-0.25, -0.2) is 13.2 Å². The number of alkyl carbamates (subject to hydrolysis) is 1. The van der Waals surface area contributed by atoms with E-state index in [1.165, 1.54) is 24.3 Å². The summed E-state index contributed by atoms with van der Waals surface area (Å²) in [5, 5.41) is 14.0. The smallest absolute Gasteiger partial charge is 0.407 e. The van der Waals surface area contributed by atoms with Gasteiger partial charge in [0.1, 0.15) is 6.10 Å². The second kappa shape index (κ2) is 12.4. The molecule has 0 bridgehead atoms. The maximum Gasteiger partial charge on any atom is 0.407 e. The number of carbonyl (C=O) groups excluding carboxylic acids is 1. The van der Waals surface area contributed by atoms with E-state index in [1.807, 2.05) is 13.8 Å². The first-order chi connectivity index (χ1) is 19.6. The Bertz CT molecular complexity index is 1330. The molecule has 0 spiro atoms. The zero-order chi connectivity index (χ0) is 30.9. The minimum Gasteiger partial charge on any atom is -0.443 e. The fraction of sp³-hybridized carbons (Fsp3) is 0.519. The van der Waals surface area contributed by atoms with Gasteiger partial charge in [0, 0.05) is 18.8 Å². The van der Waals surface area contributed by atoms with Gasteiger partial charge in [-0.05, 0) is 48.6 Å². The summed E-state index contributed by atoms with van der Waals surface area (Å²) < 4.78 is 75.9. The molecule has 4 rings (SSSR count). The normalized spacial score (nSPS) is 27.0. The number of rotatable bonds is 11. The molecule has 2 heterocycles. The molecule has 2 aliphatic rings. The number of aliphatic hydroxyl groups excluding tert-OH is 1. The monoisotopic (exact) mass is 551 g/mol. The molecule has 2 aliphatic heterocycles. The summed E-state index contributed by atoms with van der Waals surface area (Å²) in [6.45, 7) is -1.07. The molecule has 0 aliphatic carbocycles. The Hall–Kier alpha value is -2.70. The van der Waals surface area contributed by atoms with E-state index in [0.717, 1.165) is 9.87 Å². The highest BCUT2D eigenvalue weighted by atomic mass is 32.2. The van der Waals surface area contributed by atoms with Crippen LogP contribution in [0, 0.1) is 11.8 Å². The number of amides is 1. The Morgan fingerprint density at radius 3 is 2.58 bits per heavy atom. The van der Waals surface area contributed by atoms with E-state index in [0.29, 0.717) is 5.69 Å². The van der Waals surface area contributed by atoms with Crippen molar-refractivity contribution in [3.05, 3.63) is 60.2 Å². The first-order valence-electron chi connectivity index (χ1n) is 14.5. The third-order valence-electron chi connectivity index (χ3n) is 6.33. The van der Waals surface area contributed by atoms with Crippen molar-refractivity contribution < 1.29 is 38.0 Å². The second-order valence-electron chi connectivity index (χ2n) is 9.85. The lowest BCUT2D eigenvalue weighted by Gasteiger charge is -2.31. The first kappa shape index (κ1) is 23.2. The van der Waals surface area contributed by atoms with Crippen LogP contribution in [0.3, 0.4) is 0 Å². The molecule has 0 saturated carbocycles. The number of fused-ring (bicyclic) bond motifs is 1. The molecule has 208 valence electrons. The van der Waals surface area contributed by atoms with Crippen LogP contribution in [0.5, 0.6) is 0 Å². The molecule has 0 radical (unpaired) electrons. The van der Waals surface area contributed by atoms with Crippen LogP contribution in [0.25, 0.3) is 0 Å². The first-order valence-corrected chi connectivity index (χ1v) is 13.9. The van der Waals surface area contributed by atoms with Crippen molar-refractivity contribution in [1.82, 2.24) is 9.62 Å². The van der Waals surface area contributed by atoms with Crippen LogP contribution < -0.4 is 11.1 Å². The molecule has 2 saturated heterocycles. The van der Waals surface area contributed by atoms with Crippen LogP contribution in [0.2, 0.25) is 0 Å². The maximum atomic E-state index is 13.5. The molecule has 2 aromatic carbocycles. The number of aliphatic hydroxyl groups is 1. The van der Waals surface area contributed by atoms with Gasteiger partial charge in [-0.3, -0.25) is 0 Å². The molecular weight excluding hydrogens is 510 g/mol. The lowest BCUT2D eigenvalue weighted by Crippen LogP contribution is -2.51. The van der Waals surface area contributed by atoms with Crippen LogP contribution in [-0.4, -0.2) is 74.7 Å². The van der Waals surface area contributed by atoms with Gasteiger partial charge in [0.25, 0.3) is 0 Å². The van der Waals surface area contributed by atoms with E-state index in [-0.39, 0.29) is 36.7 Å². The van der Waals surface area contributed by atoms with Gasteiger partial charge >= 0.3 is 6.09 Å². The Labute approximate surface area is 229 Å². The van der Waals surface area contributed by atoms with Crippen molar-refractivity contribution in [2.24, 2.45) is 11.8 Å². The molecular formula is C27H37N3O7S. The molecule has 4 N–H and O–H groups in total. The number of sulfonamides is 1. The predicted molar refractivity (Wildman–Crippen MR) is 142 cm³/mol. The number of ether oxygens (including phenoxy) is 3. The zero-order valence-corrected chi connectivity index (χ0v) is 22.1. The van der Waals surface area contributed by atoms with E-state index < -0.39 is 59.7 Å². The molecule has 2 aromatic rings. The number of anilines is 1. The van der Waals surface area contributed by atoms with Crippen molar-refractivity contribution in [3.63, 3.8) is 0 Å². The number of benzene rings is 2. The number of nitrogens with two attached hydrogens (primary N) is 1. The van der Waals surface area contributed by atoms with Crippen LogP contribution in [0.15, 0.2) is 59.5 Å². The molecule has 1 amide bonds. The number of carbonyl (C=O) groups is 1. The Morgan fingerprint density at radius 2 is 1.89 bits per heavy atom. The van der Waals surface area contributed by atoms with Crippen LogP contribution >= 0.6 is 0 Å². The minimum absolute atomic E-state index is 0.00759. The van der Waals surface area contributed by atoms with Gasteiger partial charge in [-0.15, -0.1) is 0 Å². The van der Waals surface area contributed by atoms with Gasteiger partial charge in [0.2, 0.25) is 10.0 Å². The van der Waals surface area contributed by atoms with E-state index in [4.69, 9.17) is 25.4 Å². The summed E-state index contributed by atoms with van der Waals surface area (Å²) in [4.78, 5) is 13.1. The quantitative estimate of drug-likeness (QED) is 0.362. The van der Waals surface area contributed by atoms with Gasteiger partial charge in [0.15, 0.2) is 6.29 Å². The van der Waals surface area contributed by atoms with E-state index in [9.17, 15) is 18.3 Å². The predicted octanol–water partition coefficient (Wildman–Crippen LogP) is 2.38. The summed E-state index contributed by atoms with van der Waals surface area (Å²) in [7, 11) is -4.04. The maximum absolute atomic E-state index is 13.5. The van der Waals surface area contributed by atoms with Crippen LogP contribution in [0.1, 0.15) is 31.3 Å². The summed E-state index contributed by atoms with van der Waals surface area (Å²) in [5.41, 5.74) is 6.87. The lowest BCUT2D eigenvalue weighted by molar-refractivity contribution is -0.0907. The summed E-state index contributed by atoms with van der Waals surface area (Å²) in [6, 6.07) is 13.6. The van der Waals surface area contributed by atoms with Crippen LogP contribution in [-0.2, 0) is 30.7 Å². The number of nitrogen functional groups attached to an aromatic ring is 1. The minimum atomic E-state index is -4.04. The molecule has 2 fully saturated rings. The topological polar surface area (TPSA) is 140 Å². The van der Waals surface area contributed by atoms with Crippen molar-refractivity contribution in [3.8, 4) is 0 Å². The molecule has 5 atom stereocenters. The standard InChI is InChI=1S/C27H37N3O7S/c1-18(2)15-30(38(33,34)21-10-8-20(28)9-11-21)16-24(31)23(14-19-6-4-3-5-7-19)29-27(32)37-25-17-36-26-22(25)12-13-35-26/h3-11,18,22-26,31H,12-17,28H2,1-2H3,(H,29,32)/t22-,23-,24+,25-,26+/m0/s1/i13D2,17D2. The third kappa shape index (κ3) is 7.03. The lowest BCUT2D eigenvalue weighted by atomic mass is 10.0. The van der Waals surface area contributed by atoms with Gasteiger partial charge in [-0.1, -0.05) is 44.2 Å². The number of nitrogens with one attached hydrogen (secondary N) is 1. The van der Waals surface area contributed by atoms with Crippen molar-refractivity contribution in [2.75, 3.05) is 31.9 Å². The number of hydrogen-bond acceptors (Lipinski definition) is 8. The highest BCUT2D eigenvalue weighted by Gasteiger charge is 2.44. The molecule has 0 aromatic heterocycles. The fourth-order valence-corrected chi connectivity index (χ4v) is 5.98. The van der Waals surface area contributed by atoms with E-state index in [2.05, 4.69) is 5.32 Å². The Kier molecular flexibility index (Phi) is 7.60. The number of nitrogens with zero attached hydrogens (tertiary/aromatic N) is 1. The molecule has 38 heavy (non-hydrogen) atoms. The number of hydrogen-bond donors (Lipinski definition) is 3. The second-order valence-corrected chi connectivity index (χ2v) is 11.8. The summed E-state index contributed by atoms with van der Waals surface area (Å²) >= 11 is 0. The van der Waals surface area contributed by atoms with Crippen LogP contribution in [0.4, 0.5) is 10.5 Å². The van der Waals surface area contributed by atoms with E-state index >= 15 is 0 Å². The third-order valence-corrected chi connectivity index (χ3v) is 8.18. The van der Waals surface area contributed by atoms with Gasteiger partial charge in [0.05, 0.1) is 41.6 Å². The van der Waals surface area contributed by atoms with Crippen molar-refractivity contribution in [2.45, 2.75) is 56.1 Å².